The van der Waals surface area contributed by atoms with Crippen LogP contribution in [0.2, 0.25) is 10.0 Å². The van der Waals surface area contributed by atoms with Crippen molar-refractivity contribution < 1.29 is 14.7 Å². The summed E-state index contributed by atoms with van der Waals surface area (Å²) in [7, 11) is 1.63. The molecule has 0 atom stereocenters. The maximum atomic E-state index is 11.8. The summed E-state index contributed by atoms with van der Waals surface area (Å²) >= 11 is 11.7. The lowest BCUT2D eigenvalue weighted by Crippen LogP contribution is -2.26. The Morgan fingerprint density at radius 3 is 2.60 bits per heavy atom. The van der Waals surface area contributed by atoms with Gasteiger partial charge in [0.1, 0.15) is 0 Å². The van der Waals surface area contributed by atoms with E-state index in [1.807, 2.05) is 0 Å². The number of amides is 1. The van der Waals surface area contributed by atoms with Crippen LogP contribution in [0.25, 0.3) is 6.08 Å². The third-order valence-electron chi connectivity index (χ3n) is 2.62. The van der Waals surface area contributed by atoms with Crippen LogP contribution in [0.3, 0.4) is 0 Å². The van der Waals surface area contributed by atoms with Crippen LogP contribution >= 0.6 is 23.2 Å². The molecule has 0 saturated carbocycles. The minimum Gasteiger partial charge on any atom is -0.481 e. The van der Waals surface area contributed by atoms with Crippen LogP contribution in [-0.4, -0.2) is 35.5 Å². The number of carbonyl (C=O) groups excluding carboxylic acids is 1. The summed E-state index contributed by atoms with van der Waals surface area (Å²) in [6.07, 6.45) is 3.53. The quantitative estimate of drug-likeness (QED) is 0.819. The second-order valence-corrected chi connectivity index (χ2v) is 5.08. The average Bonchev–Trinajstić information content (AvgIpc) is 2.39. The molecule has 0 aromatic heterocycles. The van der Waals surface area contributed by atoms with Crippen molar-refractivity contribution in [3.63, 3.8) is 0 Å². The molecule has 0 radical (unpaired) electrons. The van der Waals surface area contributed by atoms with E-state index in [0.717, 1.165) is 5.56 Å². The third-order valence-corrected chi connectivity index (χ3v) is 3.36. The van der Waals surface area contributed by atoms with Crippen LogP contribution in [0.1, 0.15) is 18.4 Å². The average molecular weight is 316 g/mol. The highest BCUT2D eigenvalue weighted by Gasteiger charge is 2.06. The molecule has 108 valence electrons. The maximum absolute atomic E-state index is 11.8. The highest BCUT2D eigenvalue weighted by molar-refractivity contribution is 6.42. The topological polar surface area (TPSA) is 57.6 Å². The van der Waals surface area contributed by atoms with E-state index in [0.29, 0.717) is 23.0 Å². The fourth-order valence-electron chi connectivity index (χ4n) is 1.49. The summed E-state index contributed by atoms with van der Waals surface area (Å²) in [5.41, 5.74) is 0.770. The van der Waals surface area contributed by atoms with E-state index < -0.39 is 5.97 Å². The molecule has 0 aliphatic heterocycles. The van der Waals surface area contributed by atoms with E-state index in [1.165, 1.54) is 11.0 Å². The number of aliphatic carboxylic acids is 1. The van der Waals surface area contributed by atoms with E-state index in [4.69, 9.17) is 28.3 Å². The zero-order valence-corrected chi connectivity index (χ0v) is 12.5. The highest BCUT2D eigenvalue weighted by Crippen LogP contribution is 2.23. The summed E-state index contributed by atoms with van der Waals surface area (Å²) in [6, 6.07) is 5.07. The summed E-state index contributed by atoms with van der Waals surface area (Å²) in [4.78, 5) is 23.6. The first kappa shape index (κ1) is 16.5. The number of likely N-dealkylation sites (N-methyl/N-ethyl adjacent to an activating group) is 1. The first-order valence-electron chi connectivity index (χ1n) is 6.00. The molecule has 0 heterocycles. The van der Waals surface area contributed by atoms with Crippen LogP contribution in [0.4, 0.5) is 0 Å². The Balaban J connectivity index is 2.53. The summed E-state index contributed by atoms with van der Waals surface area (Å²) in [6.45, 7) is 0.400. The van der Waals surface area contributed by atoms with Gasteiger partial charge in [0.05, 0.1) is 10.0 Å². The van der Waals surface area contributed by atoms with E-state index in [-0.39, 0.29) is 12.3 Å². The van der Waals surface area contributed by atoms with Crippen molar-refractivity contribution in [1.29, 1.82) is 0 Å². The second kappa shape index (κ2) is 7.92. The monoisotopic (exact) mass is 315 g/mol. The molecule has 1 amide bonds. The maximum Gasteiger partial charge on any atom is 0.303 e. The number of hydrogen-bond donors (Lipinski definition) is 1. The molecule has 20 heavy (non-hydrogen) atoms. The van der Waals surface area contributed by atoms with Crippen LogP contribution in [0.5, 0.6) is 0 Å². The number of carboxylic acid groups (broad SMARTS) is 1. The second-order valence-electron chi connectivity index (χ2n) is 4.26. The summed E-state index contributed by atoms with van der Waals surface area (Å²) in [5.74, 6) is -1.06. The van der Waals surface area contributed by atoms with Gasteiger partial charge in [-0.05, 0) is 30.2 Å². The smallest absolute Gasteiger partial charge is 0.303 e. The fourth-order valence-corrected chi connectivity index (χ4v) is 1.79. The lowest BCUT2D eigenvalue weighted by molar-refractivity contribution is -0.137. The molecule has 0 aliphatic rings. The van der Waals surface area contributed by atoms with Gasteiger partial charge in [-0.3, -0.25) is 9.59 Å². The van der Waals surface area contributed by atoms with Gasteiger partial charge in [-0.25, -0.2) is 0 Å². The van der Waals surface area contributed by atoms with Gasteiger partial charge >= 0.3 is 5.97 Å². The van der Waals surface area contributed by atoms with Crippen molar-refractivity contribution in [2.75, 3.05) is 13.6 Å². The number of rotatable bonds is 6. The Kier molecular flexibility index (Phi) is 6.55. The molecule has 0 aliphatic carbocycles. The van der Waals surface area contributed by atoms with E-state index in [1.54, 1.807) is 31.3 Å². The van der Waals surface area contributed by atoms with E-state index in [9.17, 15) is 9.59 Å². The number of benzene rings is 1. The van der Waals surface area contributed by atoms with E-state index in [2.05, 4.69) is 0 Å². The standard InChI is InChI=1S/C14H15Cl2NO3/c1-17(8-2-3-14(19)20)13(18)7-5-10-4-6-11(15)12(16)9-10/h4-7,9H,2-3,8H2,1H3,(H,19,20)/b7-5+. The molecule has 1 N–H and O–H groups in total. The van der Waals surface area contributed by atoms with Gasteiger partial charge < -0.3 is 10.0 Å². The number of carboxylic acids is 1. The molecule has 1 aromatic carbocycles. The zero-order valence-electron chi connectivity index (χ0n) is 11.0. The van der Waals surface area contributed by atoms with Crippen molar-refractivity contribution in [3.05, 3.63) is 39.9 Å². The number of carbonyl (C=O) groups is 2. The molecule has 0 unspecified atom stereocenters. The Labute approximate surface area is 127 Å². The van der Waals surface area contributed by atoms with Gasteiger partial charge in [-0.15, -0.1) is 0 Å². The van der Waals surface area contributed by atoms with Crippen LogP contribution in [0, 0.1) is 0 Å². The van der Waals surface area contributed by atoms with Crippen LogP contribution in [-0.2, 0) is 9.59 Å². The molecule has 4 nitrogen and oxygen atoms in total. The lowest BCUT2D eigenvalue weighted by Gasteiger charge is -2.13. The Morgan fingerprint density at radius 1 is 1.30 bits per heavy atom. The van der Waals surface area contributed by atoms with Crippen LogP contribution in [0.15, 0.2) is 24.3 Å². The summed E-state index contributed by atoms with van der Waals surface area (Å²) in [5, 5.41) is 9.41. The van der Waals surface area contributed by atoms with Crippen molar-refractivity contribution in [2.45, 2.75) is 12.8 Å². The predicted octanol–water partition coefficient (Wildman–Crippen LogP) is 3.33. The third kappa shape index (κ3) is 5.63. The van der Waals surface area contributed by atoms with Crippen LogP contribution < -0.4 is 0 Å². The predicted molar refractivity (Wildman–Crippen MR) is 80.0 cm³/mol. The molecule has 0 saturated heterocycles. The number of hydrogen-bond acceptors (Lipinski definition) is 2. The van der Waals surface area contributed by atoms with Gasteiger partial charge in [0.2, 0.25) is 5.91 Å². The molecule has 6 heteroatoms. The Bertz CT molecular complexity index is 529. The minimum atomic E-state index is -0.864. The molecule has 0 fully saturated rings. The van der Waals surface area contributed by atoms with Gasteiger partial charge in [-0.1, -0.05) is 29.3 Å². The van der Waals surface area contributed by atoms with Gasteiger partial charge in [0.25, 0.3) is 0 Å². The number of nitrogens with zero attached hydrogens (tertiary/aromatic N) is 1. The first-order chi connectivity index (χ1) is 9.40. The molecule has 1 aromatic rings. The van der Waals surface area contributed by atoms with Crippen molar-refractivity contribution in [3.8, 4) is 0 Å². The Hall–Kier alpha value is -1.52. The molecule has 1 rings (SSSR count). The van der Waals surface area contributed by atoms with Gasteiger partial charge in [-0.2, -0.15) is 0 Å². The van der Waals surface area contributed by atoms with Crippen molar-refractivity contribution in [1.82, 2.24) is 4.90 Å². The minimum absolute atomic E-state index is 0.0497. The van der Waals surface area contributed by atoms with E-state index >= 15 is 0 Å². The fraction of sp³-hybridized carbons (Fsp3) is 0.286. The van der Waals surface area contributed by atoms with Gasteiger partial charge in [0, 0.05) is 26.1 Å². The zero-order chi connectivity index (χ0) is 15.1. The lowest BCUT2D eigenvalue weighted by atomic mass is 10.2. The molecular weight excluding hydrogens is 301 g/mol. The molecule has 0 bridgehead atoms. The molecule has 0 spiro atoms. The number of halogens is 2. The normalized spacial score (nSPS) is 10.8. The molecular formula is C14H15Cl2NO3. The van der Waals surface area contributed by atoms with Crippen molar-refractivity contribution in [2.24, 2.45) is 0 Å². The highest BCUT2D eigenvalue weighted by atomic mass is 35.5. The SMILES string of the molecule is CN(CCCC(=O)O)C(=O)/C=C/c1ccc(Cl)c(Cl)c1. The first-order valence-corrected chi connectivity index (χ1v) is 6.76. The summed E-state index contributed by atoms with van der Waals surface area (Å²) < 4.78 is 0. The largest absolute Gasteiger partial charge is 0.481 e. The van der Waals surface area contributed by atoms with Crippen molar-refractivity contribution >= 4 is 41.2 Å². The van der Waals surface area contributed by atoms with Gasteiger partial charge in [0.15, 0.2) is 0 Å². The Morgan fingerprint density at radius 2 is 2.00 bits per heavy atom.